The number of ether oxygens (including phenoxy) is 1. The van der Waals surface area contributed by atoms with Crippen molar-refractivity contribution in [2.45, 2.75) is 19.4 Å². The van der Waals surface area contributed by atoms with Crippen molar-refractivity contribution in [3.8, 4) is 5.75 Å². The molecule has 0 atom stereocenters. The lowest BCUT2D eigenvalue weighted by Crippen LogP contribution is -2.36. The third kappa shape index (κ3) is 6.87. The van der Waals surface area contributed by atoms with Gasteiger partial charge in [-0.3, -0.25) is 9.59 Å². The van der Waals surface area contributed by atoms with E-state index in [9.17, 15) is 9.59 Å². The third-order valence-corrected chi connectivity index (χ3v) is 3.59. The zero-order valence-electron chi connectivity index (χ0n) is 13.1. The van der Waals surface area contributed by atoms with Crippen LogP contribution in [0.2, 0.25) is 0 Å². The maximum absolute atomic E-state index is 11.7. The van der Waals surface area contributed by atoms with E-state index < -0.39 is 0 Å². The molecule has 0 radical (unpaired) electrons. The fourth-order valence-corrected chi connectivity index (χ4v) is 2.29. The van der Waals surface area contributed by atoms with E-state index in [1.807, 2.05) is 24.3 Å². The molecular formula is C17H19BrN2O4. The van der Waals surface area contributed by atoms with E-state index in [0.717, 1.165) is 10.2 Å². The van der Waals surface area contributed by atoms with Crippen LogP contribution in [0.3, 0.4) is 0 Å². The van der Waals surface area contributed by atoms with E-state index in [2.05, 4.69) is 26.6 Å². The molecule has 1 aromatic heterocycles. The Bertz CT molecular complexity index is 658. The molecule has 7 heteroatoms. The Kier molecular flexibility index (Phi) is 7.35. The van der Waals surface area contributed by atoms with Gasteiger partial charge in [-0.1, -0.05) is 22.0 Å². The first kappa shape index (κ1) is 18.1. The summed E-state index contributed by atoms with van der Waals surface area (Å²) in [5.74, 6) is 0.979. The first-order valence-electron chi connectivity index (χ1n) is 7.57. The predicted molar refractivity (Wildman–Crippen MR) is 92.4 cm³/mol. The van der Waals surface area contributed by atoms with Crippen LogP contribution >= 0.6 is 15.9 Å². The van der Waals surface area contributed by atoms with Gasteiger partial charge in [-0.2, -0.15) is 0 Å². The van der Waals surface area contributed by atoms with Crippen molar-refractivity contribution in [3.05, 3.63) is 52.9 Å². The van der Waals surface area contributed by atoms with Crippen LogP contribution in [-0.4, -0.2) is 25.0 Å². The van der Waals surface area contributed by atoms with Gasteiger partial charge in [-0.05, 0) is 36.8 Å². The summed E-state index contributed by atoms with van der Waals surface area (Å²) in [6, 6.07) is 11.0. The number of amides is 2. The first-order valence-corrected chi connectivity index (χ1v) is 8.37. The number of hydrogen-bond acceptors (Lipinski definition) is 4. The van der Waals surface area contributed by atoms with E-state index in [1.54, 1.807) is 18.4 Å². The van der Waals surface area contributed by atoms with E-state index in [0.29, 0.717) is 31.8 Å². The van der Waals surface area contributed by atoms with Crippen LogP contribution < -0.4 is 15.4 Å². The van der Waals surface area contributed by atoms with Crippen molar-refractivity contribution in [2.75, 3.05) is 13.2 Å². The summed E-state index contributed by atoms with van der Waals surface area (Å²) in [5.41, 5.74) is 0. The van der Waals surface area contributed by atoms with Gasteiger partial charge in [0.15, 0.2) is 0 Å². The van der Waals surface area contributed by atoms with Crippen LogP contribution in [-0.2, 0) is 16.1 Å². The molecule has 0 aliphatic heterocycles. The van der Waals surface area contributed by atoms with Crippen molar-refractivity contribution < 1.29 is 18.7 Å². The van der Waals surface area contributed by atoms with Crippen LogP contribution in [0.1, 0.15) is 18.6 Å². The van der Waals surface area contributed by atoms with E-state index in [1.165, 1.54) is 0 Å². The summed E-state index contributed by atoms with van der Waals surface area (Å²) in [5, 5.41) is 5.23. The molecule has 0 spiro atoms. The van der Waals surface area contributed by atoms with Gasteiger partial charge >= 0.3 is 0 Å². The summed E-state index contributed by atoms with van der Waals surface area (Å²) >= 11 is 3.37. The maximum atomic E-state index is 11.7. The predicted octanol–water partition coefficient (Wildman–Crippen LogP) is 2.63. The second-order valence-corrected chi connectivity index (χ2v) is 5.96. The van der Waals surface area contributed by atoms with Gasteiger partial charge in [-0.25, -0.2) is 0 Å². The average Bonchev–Trinajstić information content (AvgIpc) is 3.08. The summed E-state index contributed by atoms with van der Waals surface area (Å²) < 4.78 is 11.6. The van der Waals surface area contributed by atoms with E-state index in [-0.39, 0.29) is 18.4 Å². The number of carbonyl (C=O) groups is 2. The molecule has 0 saturated carbocycles. The van der Waals surface area contributed by atoms with Gasteiger partial charge in [0.1, 0.15) is 11.5 Å². The van der Waals surface area contributed by atoms with E-state index >= 15 is 0 Å². The van der Waals surface area contributed by atoms with Crippen molar-refractivity contribution in [3.63, 3.8) is 0 Å². The van der Waals surface area contributed by atoms with Crippen molar-refractivity contribution in [1.82, 2.24) is 10.6 Å². The molecule has 0 fully saturated rings. The van der Waals surface area contributed by atoms with Gasteiger partial charge in [0, 0.05) is 10.9 Å². The fraction of sp³-hybridized carbons (Fsp3) is 0.294. The number of rotatable bonds is 9. The highest BCUT2D eigenvalue weighted by molar-refractivity contribution is 9.10. The molecular weight excluding hydrogens is 376 g/mol. The third-order valence-electron chi connectivity index (χ3n) is 3.10. The Balaban J connectivity index is 1.53. The first-order chi connectivity index (χ1) is 11.6. The van der Waals surface area contributed by atoms with Crippen LogP contribution in [0.4, 0.5) is 0 Å². The number of halogens is 1. The summed E-state index contributed by atoms with van der Waals surface area (Å²) in [6.07, 6.45) is 2.42. The highest BCUT2D eigenvalue weighted by Gasteiger charge is 2.06. The average molecular weight is 395 g/mol. The highest BCUT2D eigenvalue weighted by Crippen LogP contribution is 2.17. The molecule has 1 heterocycles. The zero-order valence-corrected chi connectivity index (χ0v) is 14.7. The zero-order chi connectivity index (χ0) is 17.2. The maximum Gasteiger partial charge on any atom is 0.239 e. The lowest BCUT2D eigenvalue weighted by molar-refractivity contribution is -0.126. The van der Waals surface area contributed by atoms with Gasteiger partial charge in [-0.15, -0.1) is 0 Å². The molecule has 2 aromatic rings. The summed E-state index contributed by atoms with van der Waals surface area (Å²) in [7, 11) is 0. The van der Waals surface area contributed by atoms with Crippen LogP contribution in [0.25, 0.3) is 0 Å². The monoisotopic (exact) mass is 394 g/mol. The van der Waals surface area contributed by atoms with Crippen molar-refractivity contribution >= 4 is 27.7 Å². The standard InChI is InChI=1S/C17H19BrN2O4/c18-13-4-1-5-14(10-13)23-9-3-7-16(21)20-12-17(22)19-11-15-6-2-8-24-15/h1-2,4-6,8,10H,3,7,9,11-12H2,(H,19,22)(H,20,21). The Hall–Kier alpha value is -2.28. The van der Waals surface area contributed by atoms with Gasteiger partial charge in [0.2, 0.25) is 11.8 Å². The van der Waals surface area contributed by atoms with Gasteiger partial charge < -0.3 is 19.8 Å². The molecule has 2 amide bonds. The highest BCUT2D eigenvalue weighted by atomic mass is 79.9. The smallest absolute Gasteiger partial charge is 0.239 e. The molecule has 1 aromatic carbocycles. The SMILES string of the molecule is O=C(CCCOc1cccc(Br)c1)NCC(=O)NCc1ccco1. The molecule has 2 rings (SSSR count). The molecule has 0 unspecified atom stereocenters. The van der Waals surface area contributed by atoms with Crippen molar-refractivity contribution in [2.24, 2.45) is 0 Å². The number of nitrogens with one attached hydrogen (secondary N) is 2. The van der Waals surface area contributed by atoms with Gasteiger partial charge in [0.25, 0.3) is 0 Å². The molecule has 128 valence electrons. The molecule has 6 nitrogen and oxygen atoms in total. The summed E-state index contributed by atoms with van der Waals surface area (Å²) in [4.78, 5) is 23.3. The molecule has 0 aliphatic rings. The lowest BCUT2D eigenvalue weighted by Gasteiger charge is -2.07. The largest absolute Gasteiger partial charge is 0.494 e. The Morgan fingerprint density at radius 2 is 2.00 bits per heavy atom. The minimum Gasteiger partial charge on any atom is -0.494 e. The van der Waals surface area contributed by atoms with Crippen molar-refractivity contribution in [1.29, 1.82) is 0 Å². The molecule has 0 aliphatic carbocycles. The van der Waals surface area contributed by atoms with E-state index in [4.69, 9.17) is 9.15 Å². The quantitative estimate of drug-likeness (QED) is 0.640. The lowest BCUT2D eigenvalue weighted by atomic mass is 10.3. The number of furan rings is 1. The Labute approximate surface area is 148 Å². The molecule has 24 heavy (non-hydrogen) atoms. The summed E-state index contributed by atoms with van der Waals surface area (Å²) in [6.45, 7) is 0.697. The Morgan fingerprint density at radius 3 is 2.75 bits per heavy atom. The molecule has 0 bridgehead atoms. The minimum absolute atomic E-state index is 0.0496. The molecule has 0 saturated heterocycles. The van der Waals surface area contributed by atoms with Crippen LogP contribution in [0.15, 0.2) is 51.6 Å². The number of hydrogen-bond donors (Lipinski definition) is 2. The second-order valence-electron chi connectivity index (χ2n) is 5.04. The second kappa shape index (κ2) is 9.77. The topological polar surface area (TPSA) is 80.6 Å². The minimum atomic E-state index is -0.259. The fourth-order valence-electron chi connectivity index (χ4n) is 1.91. The van der Waals surface area contributed by atoms with Gasteiger partial charge in [0.05, 0.1) is 26.0 Å². The number of benzene rings is 1. The molecule has 2 N–H and O–H groups in total. The number of carbonyl (C=O) groups excluding carboxylic acids is 2. The van der Waals surface area contributed by atoms with Crippen LogP contribution in [0, 0.1) is 0 Å². The normalized spacial score (nSPS) is 10.2. The Morgan fingerprint density at radius 1 is 1.12 bits per heavy atom. The van der Waals surface area contributed by atoms with Crippen LogP contribution in [0.5, 0.6) is 5.75 Å².